The maximum atomic E-state index is 13.3. The number of benzene rings is 1. The zero-order valence-electron chi connectivity index (χ0n) is 14.9. The van der Waals surface area contributed by atoms with Crippen LogP contribution in [-0.2, 0) is 20.5 Å². The fourth-order valence-electron chi connectivity index (χ4n) is 4.99. The minimum Gasteiger partial charge on any atom is -0.366 e. The minimum atomic E-state index is -4.81. The topological polar surface area (TPSA) is 94.2 Å². The van der Waals surface area contributed by atoms with Crippen molar-refractivity contribution >= 4 is 17.5 Å². The van der Waals surface area contributed by atoms with E-state index in [-0.39, 0.29) is 12.1 Å². The molecule has 1 aromatic rings. The van der Waals surface area contributed by atoms with Crippen molar-refractivity contribution in [2.75, 3.05) is 4.90 Å². The highest BCUT2D eigenvalue weighted by atomic mass is 19.4. The molecule has 4 rings (SSSR count). The van der Waals surface area contributed by atoms with Crippen molar-refractivity contribution < 1.29 is 27.5 Å². The molecule has 0 radical (unpaired) electrons. The number of ether oxygens (including phenoxy) is 1. The van der Waals surface area contributed by atoms with Crippen LogP contribution in [0.25, 0.3) is 0 Å². The van der Waals surface area contributed by atoms with Crippen molar-refractivity contribution in [1.29, 1.82) is 10.5 Å². The standard InChI is InChI=1S/C19H14F3N3O3/c1-17-6-10(8-24)18(2,28-17)14-13(17)15(26)25(16(14)27)11-4-3-9(7-23)12(5-11)19(20,21)22/h3-5,10,13-14H,6H2,1-2H3/t10-,13+,14-,17-,18+/m0/s1. The van der Waals surface area contributed by atoms with Crippen molar-refractivity contribution in [3.63, 3.8) is 0 Å². The summed E-state index contributed by atoms with van der Waals surface area (Å²) < 4.78 is 45.8. The van der Waals surface area contributed by atoms with Gasteiger partial charge in [-0.05, 0) is 38.5 Å². The molecule has 0 saturated carbocycles. The third-order valence-corrected chi connectivity index (χ3v) is 6.18. The lowest BCUT2D eigenvalue weighted by Crippen LogP contribution is -2.45. The number of nitrogens with zero attached hydrogens (tertiary/aromatic N) is 3. The molecule has 3 heterocycles. The fourth-order valence-corrected chi connectivity index (χ4v) is 4.99. The Kier molecular flexibility index (Phi) is 3.51. The second kappa shape index (κ2) is 5.33. The van der Waals surface area contributed by atoms with Crippen LogP contribution in [-0.4, -0.2) is 23.0 Å². The van der Waals surface area contributed by atoms with Crippen molar-refractivity contribution in [2.45, 2.75) is 37.6 Å². The third kappa shape index (κ3) is 2.11. The highest BCUT2D eigenvalue weighted by Gasteiger charge is 2.76. The van der Waals surface area contributed by atoms with Gasteiger partial charge in [-0.15, -0.1) is 0 Å². The molecule has 2 amide bonds. The van der Waals surface area contributed by atoms with E-state index in [2.05, 4.69) is 6.07 Å². The number of halogens is 3. The van der Waals surface area contributed by atoms with Gasteiger partial charge in [0.2, 0.25) is 11.8 Å². The first-order chi connectivity index (χ1) is 13.0. The molecule has 0 spiro atoms. The van der Waals surface area contributed by atoms with E-state index < -0.39 is 58.1 Å². The van der Waals surface area contributed by atoms with Crippen LogP contribution in [0.5, 0.6) is 0 Å². The van der Waals surface area contributed by atoms with Gasteiger partial charge in [-0.25, -0.2) is 4.90 Å². The highest BCUT2D eigenvalue weighted by molar-refractivity contribution is 6.23. The third-order valence-electron chi connectivity index (χ3n) is 6.18. The Balaban J connectivity index is 1.81. The molecule has 2 bridgehead atoms. The molecule has 0 N–H and O–H groups in total. The summed E-state index contributed by atoms with van der Waals surface area (Å²) in [7, 11) is 0. The quantitative estimate of drug-likeness (QED) is 0.689. The smallest absolute Gasteiger partial charge is 0.366 e. The van der Waals surface area contributed by atoms with E-state index in [4.69, 9.17) is 10.00 Å². The summed E-state index contributed by atoms with van der Waals surface area (Å²) in [6.45, 7) is 3.26. The zero-order valence-corrected chi connectivity index (χ0v) is 14.9. The Morgan fingerprint density at radius 2 is 1.82 bits per heavy atom. The maximum Gasteiger partial charge on any atom is 0.417 e. The van der Waals surface area contributed by atoms with Crippen molar-refractivity contribution in [2.24, 2.45) is 17.8 Å². The number of rotatable bonds is 1. The van der Waals surface area contributed by atoms with E-state index in [1.54, 1.807) is 13.8 Å². The Hall–Kier alpha value is -2.91. The molecule has 9 heteroatoms. The van der Waals surface area contributed by atoms with Gasteiger partial charge in [-0.2, -0.15) is 23.7 Å². The Morgan fingerprint density at radius 1 is 1.18 bits per heavy atom. The number of fused-ring (bicyclic) bond motifs is 5. The SMILES string of the molecule is C[C@@]12O[C@@](C)(C[C@H]1C#N)[C@H]1C(=O)N(c3ccc(C#N)c(C(F)(F)F)c3)C(=O)[C@H]12. The summed E-state index contributed by atoms with van der Waals surface area (Å²) >= 11 is 0. The predicted molar refractivity (Wildman–Crippen MR) is 87.2 cm³/mol. The number of alkyl halides is 3. The largest absolute Gasteiger partial charge is 0.417 e. The van der Waals surface area contributed by atoms with E-state index in [0.29, 0.717) is 6.07 Å². The van der Waals surface area contributed by atoms with Gasteiger partial charge in [0.1, 0.15) is 0 Å². The highest BCUT2D eigenvalue weighted by Crippen LogP contribution is 2.63. The number of nitriles is 2. The molecule has 28 heavy (non-hydrogen) atoms. The van der Waals surface area contributed by atoms with Crippen molar-refractivity contribution in [3.8, 4) is 12.1 Å². The average Bonchev–Trinajstić information content (AvgIpc) is 3.14. The molecule has 144 valence electrons. The summed E-state index contributed by atoms with van der Waals surface area (Å²) in [5.41, 5.74) is -4.24. The van der Waals surface area contributed by atoms with Crippen LogP contribution in [0.3, 0.4) is 0 Å². The van der Waals surface area contributed by atoms with Gasteiger partial charge in [-0.1, -0.05) is 0 Å². The van der Waals surface area contributed by atoms with Gasteiger partial charge in [0.25, 0.3) is 0 Å². The molecule has 3 saturated heterocycles. The van der Waals surface area contributed by atoms with Crippen LogP contribution in [0.1, 0.15) is 31.4 Å². The Morgan fingerprint density at radius 3 is 2.39 bits per heavy atom. The maximum absolute atomic E-state index is 13.3. The number of imide groups is 1. The van der Waals surface area contributed by atoms with Crippen LogP contribution < -0.4 is 4.90 Å². The zero-order chi connectivity index (χ0) is 20.6. The van der Waals surface area contributed by atoms with Gasteiger partial charge in [0.05, 0.1) is 57.9 Å². The molecular formula is C19H14F3N3O3. The molecule has 0 aliphatic carbocycles. The Bertz CT molecular complexity index is 1010. The van der Waals surface area contributed by atoms with Crippen LogP contribution in [0, 0.1) is 40.4 Å². The van der Waals surface area contributed by atoms with Gasteiger partial charge < -0.3 is 4.74 Å². The number of anilines is 1. The second-order valence-electron chi connectivity index (χ2n) is 7.79. The molecular weight excluding hydrogens is 375 g/mol. The van der Waals surface area contributed by atoms with Gasteiger partial charge in [0.15, 0.2) is 0 Å². The van der Waals surface area contributed by atoms with E-state index in [1.165, 1.54) is 6.07 Å². The lowest BCUT2D eigenvalue weighted by molar-refractivity contribution is -0.138. The first kappa shape index (κ1) is 18.5. The monoisotopic (exact) mass is 389 g/mol. The van der Waals surface area contributed by atoms with E-state index in [9.17, 15) is 28.0 Å². The number of hydrogen-bond acceptors (Lipinski definition) is 5. The van der Waals surface area contributed by atoms with Gasteiger partial charge in [0, 0.05) is 0 Å². The van der Waals surface area contributed by atoms with Crippen LogP contribution in [0.2, 0.25) is 0 Å². The summed E-state index contributed by atoms with van der Waals surface area (Å²) in [4.78, 5) is 26.9. The summed E-state index contributed by atoms with van der Waals surface area (Å²) in [5.74, 6) is -3.72. The van der Waals surface area contributed by atoms with E-state index in [1.807, 2.05) is 0 Å². The first-order valence-corrected chi connectivity index (χ1v) is 8.57. The predicted octanol–water partition coefficient (Wildman–Crippen LogP) is 2.77. The lowest BCUT2D eigenvalue weighted by atomic mass is 9.64. The number of carbonyl (C=O) groups is 2. The number of amides is 2. The molecule has 3 aliphatic rings. The lowest BCUT2D eigenvalue weighted by Gasteiger charge is -2.31. The summed E-state index contributed by atoms with van der Waals surface area (Å²) in [5, 5.41) is 18.3. The molecule has 0 aromatic heterocycles. The molecule has 1 aromatic carbocycles. The van der Waals surface area contributed by atoms with Gasteiger partial charge in [-0.3, -0.25) is 9.59 Å². The molecule has 0 unspecified atom stereocenters. The first-order valence-electron chi connectivity index (χ1n) is 8.57. The van der Waals surface area contributed by atoms with Crippen LogP contribution in [0.4, 0.5) is 18.9 Å². The normalized spacial score (nSPS) is 36.4. The molecule has 3 fully saturated rings. The van der Waals surface area contributed by atoms with Crippen molar-refractivity contribution in [3.05, 3.63) is 29.3 Å². The van der Waals surface area contributed by atoms with Crippen LogP contribution >= 0.6 is 0 Å². The Labute approximate surface area is 158 Å². The van der Waals surface area contributed by atoms with Gasteiger partial charge >= 0.3 is 6.18 Å². The molecule has 6 nitrogen and oxygen atoms in total. The minimum absolute atomic E-state index is 0.240. The fraction of sp³-hybridized carbons (Fsp3) is 0.474. The van der Waals surface area contributed by atoms with E-state index >= 15 is 0 Å². The number of hydrogen-bond donors (Lipinski definition) is 0. The molecule has 5 atom stereocenters. The summed E-state index contributed by atoms with van der Waals surface area (Å²) in [6.07, 6.45) is -4.54. The van der Waals surface area contributed by atoms with Crippen molar-refractivity contribution in [1.82, 2.24) is 0 Å². The average molecular weight is 389 g/mol. The van der Waals surface area contributed by atoms with Crippen LogP contribution in [0.15, 0.2) is 18.2 Å². The van der Waals surface area contributed by atoms with E-state index in [0.717, 1.165) is 17.0 Å². The summed E-state index contributed by atoms with van der Waals surface area (Å²) in [6, 6.07) is 6.32. The second-order valence-corrected chi connectivity index (χ2v) is 7.79. The molecule has 3 aliphatic heterocycles. The number of carbonyl (C=O) groups excluding carboxylic acids is 2.